The number of aliphatic hydroxyl groups is 8. The third-order valence-corrected chi connectivity index (χ3v) is 75.9. The average molecular weight is 2050 g/mol. The molecule has 0 amide bonds. The molecule has 0 saturated carbocycles. The van der Waals surface area contributed by atoms with E-state index in [0.717, 1.165) is 90.3 Å². The maximum absolute atomic E-state index is 10.5. The zero-order chi connectivity index (χ0) is 100. The van der Waals surface area contributed by atoms with E-state index in [2.05, 4.69) is 241 Å². The molecule has 4 atom stereocenters. The minimum Gasteiger partial charge on any atom is -0.436 e. The lowest BCUT2D eigenvalue weighted by atomic mass is 9.78. The first kappa shape index (κ1) is 137. The fourth-order valence-electron chi connectivity index (χ4n) is 19.2. The summed E-state index contributed by atoms with van der Waals surface area (Å²) in [5, 5.41) is 80.0. The van der Waals surface area contributed by atoms with Crippen LogP contribution in [0.25, 0.3) is 0 Å². The molecule has 782 valence electrons. The molecule has 8 N–H and O–H groups in total. The third kappa shape index (κ3) is 63.5. The molecule has 0 aromatic rings. The Bertz CT molecular complexity index is 2400. The van der Waals surface area contributed by atoms with Crippen LogP contribution in [0, 0.1) is 33.5 Å². The Hall–Kier alpha value is 1.88. The van der Waals surface area contributed by atoms with E-state index in [4.69, 9.17) is 44.9 Å². The van der Waals surface area contributed by atoms with Crippen molar-refractivity contribution in [3.05, 3.63) is 0 Å². The van der Waals surface area contributed by atoms with Crippen LogP contribution in [0.1, 0.15) is 219 Å². The highest BCUT2D eigenvalue weighted by molar-refractivity contribution is 6.89. The van der Waals surface area contributed by atoms with Gasteiger partial charge < -0.3 is 85.7 Å². The summed E-state index contributed by atoms with van der Waals surface area (Å²) in [5.41, 5.74) is -1.71. The molecule has 0 aromatic carbocycles. The predicted octanol–water partition coefficient (Wildman–Crippen LogP) is 26.9. The van der Waals surface area contributed by atoms with E-state index < -0.39 is 120 Å². The normalized spacial score (nSPS) is 14.7. The Morgan fingerprint density at radius 2 is 0.434 bits per heavy atom. The molecular weight excluding hydrogens is 1810 g/mol. The van der Waals surface area contributed by atoms with Gasteiger partial charge in [0.05, 0.1) is 133 Å². The maximum atomic E-state index is 10.5. The monoisotopic (exact) mass is 2040 g/mol. The summed E-state index contributed by atoms with van der Waals surface area (Å²) < 4.78 is 62.7. The Kier molecular flexibility index (Phi) is 75.0. The van der Waals surface area contributed by atoms with E-state index in [0.29, 0.717) is 89.0 Å². The standard InChI is InChI=1S/C31H76O6Si6.C29H64O4Si2.C22H50O4Si2.C17H40O4Si2/c1-27(29(3)42(17,34-38(5,6)7)35-39(8,9)10)21-19-23-31(25-32,26-33)24-20-22-28(2)30(4)43(18,36-40(11,12)13)37-41(14,15)16;1-7-17-34(18-8-2,19-9-3)23-13-15-32-27-29(25-30,26-31)28-33-16-14-24-35(20-10-4,21-11-5)22-12-6;1-7-27(6,8-2)16-12-14-25-20-22(18-23,19-24)21-26-15-13-17-28(9-3,10-4)11-5;1-22(2,3)11-7-9-20-15-17(13-18,14-19)16-21-10-8-12-23(4,5)6/h27-30,32-33H,19-26H2,1-18H3;30-31H,7-28H2,1-6H3;23-24H,7-21H2,1-6H3;18-19H,7-16H2,1-6H3. The summed E-state index contributed by atoms with van der Waals surface area (Å²) in [6, 6.07) is 23.2. The van der Waals surface area contributed by atoms with Crippen LogP contribution in [0.3, 0.4) is 0 Å². The van der Waals surface area contributed by atoms with Gasteiger partial charge in [-0.05, 0) is 155 Å². The van der Waals surface area contributed by atoms with Gasteiger partial charge in [-0.1, -0.05) is 317 Å². The highest BCUT2D eigenvalue weighted by atomic mass is 28.5. The number of aliphatic hydroxyl groups excluding tert-OH is 8. The molecule has 0 aliphatic heterocycles. The van der Waals surface area contributed by atoms with Crippen molar-refractivity contribution >= 4 is 98.8 Å². The van der Waals surface area contributed by atoms with Gasteiger partial charge >= 0.3 is 17.1 Å². The highest BCUT2D eigenvalue weighted by Crippen LogP contribution is 2.43. The molecule has 0 aliphatic rings. The molecule has 0 spiro atoms. The van der Waals surface area contributed by atoms with E-state index in [-0.39, 0.29) is 52.9 Å². The molecule has 129 heavy (non-hydrogen) atoms. The summed E-state index contributed by atoms with van der Waals surface area (Å²) in [5.74, 6) is 0.918. The quantitative estimate of drug-likeness (QED) is 0.0208. The maximum Gasteiger partial charge on any atom is 0.317 e. The van der Waals surface area contributed by atoms with Crippen LogP contribution in [-0.2, 0) is 44.9 Å². The van der Waals surface area contributed by atoms with Crippen LogP contribution in [0.2, 0.25) is 251 Å². The van der Waals surface area contributed by atoms with Crippen molar-refractivity contribution in [1.82, 2.24) is 0 Å². The van der Waals surface area contributed by atoms with Gasteiger partial charge in [-0.25, -0.2) is 0 Å². The topological polar surface area (TPSA) is 254 Å². The molecule has 0 radical (unpaired) electrons. The first-order valence-electron chi connectivity index (χ1n) is 52.9. The van der Waals surface area contributed by atoms with E-state index in [1.54, 1.807) is 0 Å². The van der Waals surface area contributed by atoms with Crippen molar-refractivity contribution < 1.29 is 85.7 Å². The van der Waals surface area contributed by atoms with Crippen LogP contribution in [-0.4, -0.2) is 272 Å². The first-order chi connectivity index (χ1) is 59.8. The summed E-state index contributed by atoms with van der Waals surface area (Å²) in [4.78, 5) is 0. The molecular formula is C99H230O18Si12. The average Bonchev–Trinajstić information content (AvgIpc) is 0.803. The van der Waals surface area contributed by atoms with Crippen LogP contribution in [0.5, 0.6) is 0 Å². The van der Waals surface area contributed by atoms with Crippen molar-refractivity contribution in [3.63, 3.8) is 0 Å². The molecule has 0 aliphatic carbocycles. The van der Waals surface area contributed by atoms with Gasteiger partial charge in [0.25, 0.3) is 0 Å². The molecule has 30 heteroatoms. The van der Waals surface area contributed by atoms with E-state index >= 15 is 0 Å². The van der Waals surface area contributed by atoms with Gasteiger partial charge in [0.2, 0.25) is 0 Å². The fourth-order valence-corrected chi connectivity index (χ4v) is 64.4. The molecule has 0 saturated heterocycles. The fraction of sp³-hybridized carbons (Fsp3) is 1.00. The third-order valence-electron chi connectivity index (χ3n) is 28.4. The van der Waals surface area contributed by atoms with Gasteiger partial charge in [-0.15, -0.1) is 0 Å². The van der Waals surface area contributed by atoms with E-state index in [1.165, 1.54) is 141 Å². The molecule has 0 fully saturated rings. The van der Waals surface area contributed by atoms with Crippen LogP contribution < -0.4 is 0 Å². The number of ether oxygens (including phenoxy) is 6. The van der Waals surface area contributed by atoms with Gasteiger partial charge in [-0.3, -0.25) is 0 Å². The van der Waals surface area contributed by atoms with Crippen LogP contribution in [0.15, 0.2) is 0 Å². The molecule has 0 aromatic heterocycles. The number of hydrogen-bond acceptors (Lipinski definition) is 18. The zero-order valence-electron chi connectivity index (χ0n) is 92.9. The minimum atomic E-state index is -2.38. The highest BCUT2D eigenvalue weighted by Gasteiger charge is 2.49. The summed E-state index contributed by atoms with van der Waals surface area (Å²) in [6.45, 7) is 89.3. The minimum absolute atomic E-state index is 0.0330. The lowest BCUT2D eigenvalue weighted by Crippen LogP contribution is -2.56. The summed E-state index contributed by atoms with van der Waals surface area (Å²) in [7, 11) is -18.3. The van der Waals surface area contributed by atoms with Gasteiger partial charge in [-0.2, -0.15) is 0 Å². The van der Waals surface area contributed by atoms with Crippen molar-refractivity contribution in [2.24, 2.45) is 33.5 Å². The van der Waals surface area contributed by atoms with Crippen LogP contribution >= 0.6 is 0 Å². The second kappa shape index (κ2) is 70.5. The molecule has 0 rings (SSSR count). The number of rotatable bonds is 81. The Morgan fingerprint density at radius 3 is 0.612 bits per heavy atom. The molecule has 18 nitrogen and oxygen atoms in total. The Morgan fingerprint density at radius 1 is 0.233 bits per heavy atom. The second-order valence-corrected chi connectivity index (χ2v) is 107. The van der Waals surface area contributed by atoms with Crippen molar-refractivity contribution in [1.29, 1.82) is 0 Å². The molecule has 4 unspecified atom stereocenters. The molecule has 0 heterocycles. The lowest BCUT2D eigenvalue weighted by Gasteiger charge is -2.44. The van der Waals surface area contributed by atoms with Gasteiger partial charge in [0, 0.05) is 80.4 Å². The van der Waals surface area contributed by atoms with E-state index in [9.17, 15) is 40.9 Å². The molecule has 0 bridgehead atoms. The predicted molar refractivity (Wildman–Crippen MR) is 592 cm³/mol. The second-order valence-electron chi connectivity index (χ2n) is 48.1. The number of hydrogen-bond donors (Lipinski definition) is 8. The van der Waals surface area contributed by atoms with Crippen molar-refractivity contribution in [2.75, 3.05) is 132 Å². The van der Waals surface area contributed by atoms with Crippen molar-refractivity contribution in [2.45, 2.75) is 471 Å². The van der Waals surface area contributed by atoms with Gasteiger partial charge in [0.15, 0.2) is 33.3 Å². The van der Waals surface area contributed by atoms with Crippen LogP contribution in [0.4, 0.5) is 0 Å². The Labute approximate surface area is 815 Å². The zero-order valence-corrected chi connectivity index (χ0v) is 105. The lowest BCUT2D eigenvalue weighted by molar-refractivity contribution is -0.0769. The smallest absolute Gasteiger partial charge is 0.317 e. The van der Waals surface area contributed by atoms with Crippen molar-refractivity contribution in [3.8, 4) is 0 Å². The Balaban J connectivity index is -0.000000828. The largest absolute Gasteiger partial charge is 0.436 e. The van der Waals surface area contributed by atoms with E-state index in [1.807, 2.05) is 0 Å². The first-order valence-corrected chi connectivity index (χ1v) is 90.4. The summed E-state index contributed by atoms with van der Waals surface area (Å²) in [6.07, 6.45) is 20.1. The SMILES string of the molecule is CC(CCCC(CO)(CO)CCCC(C)C(C)[Si](C)(O[Si](C)(C)C)O[Si](C)(C)C)C(C)[Si](C)(O[Si](C)(C)C)O[Si](C)(C)C.CCC[Si](CCC)(CCC)CCCOCC(CO)(CO)COCCC[Si](CCC)(CCC)CCC.CC[Si](C)(CC)CCCOCC(CO)(CO)COCCC[Si](CC)(CC)CC.C[Si](C)(C)CCCOCC(CO)(CO)COCCC[Si](C)(C)C. The van der Waals surface area contributed by atoms with Gasteiger partial charge in [0.1, 0.15) is 0 Å². The summed E-state index contributed by atoms with van der Waals surface area (Å²) >= 11 is 0.